The zero-order valence-electron chi connectivity index (χ0n) is 14.8. The Labute approximate surface area is 163 Å². The average molecular weight is 375 g/mol. The summed E-state index contributed by atoms with van der Waals surface area (Å²) in [5, 5.41) is 6.12. The number of para-hydroxylation sites is 1. The summed E-state index contributed by atoms with van der Waals surface area (Å²) in [6.45, 7) is 2.10. The van der Waals surface area contributed by atoms with E-state index >= 15 is 0 Å². The molecule has 0 amide bonds. The van der Waals surface area contributed by atoms with Crippen molar-refractivity contribution in [3.8, 4) is 5.69 Å². The van der Waals surface area contributed by atoms with Crippen molar-refractivity contribution in [2.45, 2.75) is 12.8 Å². The first-order valence-electron chi connectivity index (χ1n) is 9.20. The molecule has 0 spiro atoms. The van der Waals surface area contributed by atoms with Gasteiger partial charge in [-0.05, 0) is 36.2 Å². The minimum atomic E-state index is 0.766. The summed E-state index contributed by atoms with van der Waals surface area (Å²) in [6.07, 6.45) is 5.71. The highest BCUT2D eigenvalue weighted by atomic mass is 35.5. The zero-order chi connectivity index (χ0) is 18.2. The van der Waals surface area contributed by atoms with Gasteiger partial charge >= 0.3 is 0 Å². The van der Waals surface area contributed by atoms with E-state index in [2.05, 4.69) is 40.3 Å². The van der Waals surface area contributed by atoms with E-state index in [4.69, 9.17) is 16.6 Å². The number of benzene rings is 2. The highest BCUT2D eigenvalue weighted by Crippen LogP contribution is 2.36. The van der Waals surface area contributed by atoms with Crippen LogP contribution in [0.2, 0.25) is 5.02 Å². The Hall–Kier alpha value is -2.85. The van der Waals surface area contributed by atoms with Gasteiger partial charge in [-0.25, -0.2) is 9.67 Å². The quantitative estimate of drug-likeness (QED) is 0.510. The van der Waals surface area contributed by atoms with Crippen LogP contribution in [0.15, 0.2) is 67.0 Å². The Morgan fingerprint density at radius 3 is 2.48 bits per heavy atom. The molecular formula is C22H19ClN4. The molecule has 0 atom stereocenters. The molecule has 1 saturated heterocycles. The van der Waals surface area contributed by atoms with Crippen LogP contribution in [-0.4, -0.2) is 27.9 Å². The molecule has 1 aliphatic heterocycles. The minimum Gasteiger partial charge on any atom is -0.356 e. The normalized spacial score (nSPS) is 13.7. The van der Waals surface area contributed by atoms with Gasteiger partial charge in [-0.15, -0.1) is 0 Å². The van der Waals surface area contributed by atoms with Gasteiger partial charge in [0.1, 0.15) is 5.82 Å². The largest absolute Gasteiger partial charge is 0.356 e. The van der Waals surface area contributed by atoms with Crippen molar-refractivity contribution in [2.75, 3.05) is 18.0 Å². The zero-order valence-corrected chi connectivity index (χ0v) is 15.6. The Morgan fingerprint density at radius 2 is 1.78 bits per heavy atom. The number of rotatable bonds is 4. The molecular weight excluding hydrogens is 356 g/mol. The molecule has 1 fully saturated rings. The number of halogens is 1. The fourth-order valence-corrected chi connectivity index (χ4v) is 3.85. The van der Waals surface area contributed by atoms with Crippen molar-refractivity contribution in [1.29, 1.82) is 0 Å². The van der Waals surface area contributed by atoms with Crippen molar-refractivity contribution >= 4 is 28.3 Å². The second-order valence-electron chi connectivity index (χ2n) is 6.88. The Morgan fingerprint density at radius 1 is 0.963 bits per heavy atom. The first kappa shape index (κ1) is 16.3. The van der Waals surface area contributed by atoms with Gasteiger partial charge in [0.15, 0.2) is 0 Å². The first-order valence-corrected chi connectivity index (χ1v) is 9.58. The predicted octanol–water partition coefficient (Wildman–Crippen LogP) is 4.87. The maximum atomic E-state index is 6.85. The van der Waals surface area contributed by atoms with Crippen LogP contribution in [0.3, 0.4) is 0 Å². The van der Waals surface area contributed by atoms with E-state index in [-0.39, 0.29) is 0 Å². The van der Waals surface area contributed by atoms with Gasteiger partial charge in [0.2, 0.25) is 0 Å². The fourth-order valence-electron chi connectivity index (χ4n) is 3.54. The lowest BCUT2D eigenvalue weighted by atomic mass is 10.0. The van der Waals surface area contributed by atoms with Crippen LogP contribution in [0.4, 0.5) is 5.82 Å². The molecule has 2 aromatic heterocycles. The van der Waals surface area contributed by atoms with Crippen LogP contribution in [0.25, 0.3) is 16.6 Å². The van der Waals surface area contributed by atoms with E-state index in [1.54, 1.807) is 6.20 Å². The number of anilines is 1. The molecule has 134 valence electrons. The molecule has 3 heterocycles. The van der Waals surface area contributed by atoms with Crippen LogP contribution in [0, 0.1) is 0 Å². The second-order valence-corrected chi connectivity index (χ2v) is 7.26. The van der Waals surface area contributed by atoms with E-state index in [1.807, 2.05) is 35.1 Å². The molecule has 27 heavy (non-hydrogen) atoms. The lowest BCUT2D eigenvalue weighted by molar-refractivity contribution is 0.608. The summed E-state index contributed by atoms with van der Waals surface area (Å²) in [5.74, 6) is 1.03. The van der Waals surface area contributed by atoms with Crippen LogP contribution >= 0.6 is 11.6 Å². The molecule has 4 aromatic rings. The number of nitrogens with zero attached hydrogens (tertiary/aromatic N) is 4. The monoisotopic (exact) mass is 374 g/mol. The summed E-state index contributed by atoms with van der Waals surface area (Å²) in [6, 6.07) is 18.5. The Kier molecular flexibility index (Phi) is 4.06. The molecule has 5 rings (SSSR count). The van der Waals surface area contributed by atoms with Gasteiger partial charge in [0.05, 0.1) is 16.2 Å². The minimum absolute atomic E-state index is 0.766. The van der Waals surface area contributed by atoms with E-state index in [0.717, 1.165) is 52.5 Å². The van der Waals surface area contributed by atoms with Crippen molar-refractivity contribution in [2.24, 2.45) is 0 Å². The van der Waals surface area contributed by atoms with Gasteiger partial charge in [0.25, 0.3) is 0 Å². The third kappa shape index (κ3) is 2.96. The highest BCUT2D eigenvalue weighted by molar-refractivity contribution is 6.36. The molecule has 0 unspecified atom stereocenters. The number of aromatic nitrogens is 3. The summed E-state index contributed by atoms with van der Waals surface area (Å²) in [7, 11) is 0. The molecule has 5 heteroatoms. The third-order valence-electron chi connectivity index (χ3n) is 5.14. The average Bonchev–Trinajstić information content (AvgIpc) is 3.19. The number of pyridine rings is 1. The number of hydrogen-bond donors (Lipinski definition) is 0. The van der Waals surface area contributed by atoms with E-state index in [9.17, 15) is 0 Å². The van der Waals surface area contributed by atoms with Crippen LogP contribution in [-0.2, 0) is 6.42 Å². The fraction of sp³-hybridized carbons (Fsp3) is 0.182. The topological polar surface area (TPSA) is 34.0 Å². The van der Waals surface area contributed by atoms with Crippen molar-refractivity contribution in [1.82, 2.24) is 14.8 Å². The standard InChI is InChI=1S/C22H19ClN4/c23-21-18-5-1-2-6-20(18)25-22(26-12-4-13-26)19(21)15-16-7-9-17(10-8-16)27-14-3-11-24-27/h1-3,5-11,14H,4,12-13,15H2. The van der Waals surface area contributed by atoms with Gasteiger partial charge < -0.3 is 4.90 Å². The lowest BCUT2D eigenvalue weighted by Gasteiger charge is -2.34. The molecule has 4 nitrogen and oxygen atoms in total. The highest BCUT2D eigenvalue weighted by Gasteiger charge is 2.23. The molecule has 0 N–H and O–H groups in total. The molecule has 1 aliphatic rings. The van der Waals surface area contributed by atoms with E-state index in [0.29, 0.717) is 0 Å². The van der Waals surface area contributed by atoms with Crippen LogP contribution < -0.4 is 4.90 Å². The molecule has 2 aromatic carbocycles. The first-order chi connectivity index (χ1) is 13.3. The number of hydrogen-bond acceptors (Lipinski definition) is 3. The predicted molar refractivity (Wildman–Crippen MR) is 110 cm³/mol. The van der Waals surface area contributed by atoms with Gasteiger partial charge in [0, 0.05) is 42.9 Å². The SMILES string of the molecule is Clc1c(Cc2ccc(-n3cccn3)cc2)c(N2CCC2)nc2ccccc12. The molecule has 0 bridgehead atoms. The molecule has 0 radical (unpaired) electrons. The molecule has 0 saturated carbocycles. The van der Waals surface area contributed by atoms with E-state index < -0.39 is 0 Å². The third-order valence-corrected chi connectivity index (χ3v) is 5.58. The van der Waals surface area contributed by atoms with Crippen molar-refractivity contribution < 1.29 is 0 Å². The maximum Gasteiger partial charge on any atom is 0.134 e. The van der Waals surface area contributed by atoms with Gasteiger partial charge in [-0.1, -0.05) is 41.9 Å². The summed E-state index contributed by atoms with van der Waals surface area (Å²) < 4.78 is 1.86. The van der Waals surface area contributed by atoms with Crippen molar-refractivity contribution in [3.05, 3.63) is 83.1 Å². The Balaban J connectivity index is 1.54. The summed E-state index contributed by atoms with van der Waals surface area (Å²) in [4.78, 5) is 7.26. The Bertz CT molecular complexity index is 1080. The number of fused-ring (bicyclic) bond motifs is 1. The molecule has 0 aliphatic carbocycles. The van der Waals surface area contributed by atoms with Crippen molar-refractivity contribution in [3.63, 3.8) is 0 Å². The van der Waals surface area contributed by atoms with E-state index in [1.165, 1.54) is 12.0 Å². The lowest BCUT2D eigenvalue weighted by Crippen LogP contribution is -2.38. The van der Waals surface area contributed by atoms with Gasteiger partial charge in [-0.3, -0.25) is 0 Å². The van der Waals surface area contributed by atoms with Crippen LogP contribution in [0.1, 0.15) is 17.5 Å². The smallest absolute Gasteiger partial charge is 0.134 e. The summed E-state index contributed by atoms with van der Waals surface area (Å²) >= 11 is 6.85. The summed E-state index contributed by atoms with van der Waals surface area (Å²) in [5.41, 5.74) is 4.34. The van der Waals surface area contributed by atoms with Gasteiger partial charge in [-0.2, -0.15) is 5.10 Å². The van der Waals surface area contributed by atoms with Crippen LogP contribution in [0.5, 0.6) is 0 Å². The maximum absolute atomic E-state index is 6.85. The second kappa shape index (κ2) is 6.71.